The van der Waals surface area contributed by atoms with Gasteiger partial charge in [0.2, 0.25) is 0 Å². The van der Waals surface area contributed by atoms with Crippen LogP contribution in [-0.2, 0) is 15.9 Å². The maximum atomic E-state index is 11.9. The van der Waals surface area contributed by atoms with Crippen molar-refractivity contribution in [1.29, 1.82) is 0 Å². The zero-order valence-corrected chi connectivity index (χ0v) is 12.8. The van der Waals surface area contributed by atoms with Crippen LogP contribution in [0.4, 0.5) is 0 Å². The van der Waals surface area contributed by atoms with E-state index >= 15 is 0 Å². The first kappa shape index (κ1) is 16.0. The summed E-state index contributed by atoms with van der Waals surface area (Å²) in [5.41, 5.74) is 2.53. The van der Waals surface area contributed by atoms with Crippen LogP contribution in [0.5, 0.6) is 0 Å². The van der Waals surface area contributed by atoms with Crippen LogP contribution in [0.2, 0.25) is 0 Å². The fourth-order valence-electron chi connectivity index (χ4n) is 2.94. The summed E-state index contributed by atoms with van der Waals surface area (Å²) in [6.45, 7) is 2.47. The van der Waals surface area contributed by atoms with Gasteiger partial charge in [0, 0.05) is 0 Å². The topological polar surface area (TPSA) is 55.8 Å². The van der Waals surface area contributed by atoms with Crippen molar-refractivity contribution in [2.24, 2.45) is 0 Å². The van der Waals surface area contributed by atoms with Gasteiger partial charge in [0.15, 0.2) is 0 Å². The molecule has 1 aromatic carbocycles. The third-order valence-electron chi connectivity index (χ3n) is 4.07. The number of benzene rings is 1. The summed E-state index contributed by atoms with van der Waals surface area (Å²) >= 11 is 0. The van der Waals surface area contributed by atoms with Crippen molar-refractivity contribution >= 4 is 5.97 Å². The molecule has 2 unspecified atom stereocenters. The van der Waals surface area contributed by atoms with Crippen LogP contribution in [0.25, 0.3) is 0 Å². The minimum Gasteiger partial charge on any atom is -0.465 e. The zero-order chi connectivity index (χ0) is 15.2. The maximum Gasteiger partial charge on any atom is 0.338 e. The second kappa shape index (κ2) is 7.57. The van der Waals surface area contributed by atoms with Crippen LogP contribution in [0.3, 0.4) is 0 Å². The van der Waals surface area contributed by atoms with Gasteiger partial charge in [0.05, 0.1) is 31.5 Å². The molecule has 0 spiro atoms. The molecule has 1 fully saturated rings. The standard InChI is InChI=1S/C17H24O4/c1-12-5-3-6-13(16(12)17(19)20-2)9-10-21-15-8-4-7-14(18)11-15/h3,5-6,14-15,18H,4,7-11H2,1-2H3. The monoisotopic (exact) mass is 292 g/mol. The summed E-state index contributed by atoms with van der Waals surface area (Å²) in [5.74, 6) is -0.295. The van der Waals surface area contributed by atoms with Crippen molar-refractivity contribution in [1.82, 2.24) is 0 Å². The predicted octanol–water partition coefficient (Wildman–Crippen LogP) is 2.64. The molecule has 1 saturated carbocycles. The Labute approximate surface area is 126 Å². The highest BCUT2D eigenvalue weighted by Crippen LogP contribution is 2.22. The van der Waals surface area contributed by atoms with Crippen molar-refractivity contribution in [2.45, 2.75) is 51.2 Å². The minimum atomic E-state index is -0.295. The Morgan fingerprint density at radius 3 is 2.90 bits per heavy atom. The normalized spacial score (nSPS) is 22.0. The lowest BCUT2D eigenvalue weighted by atomic mass is 9.95. The quantitative estimate of drug-likeness (QED) is 0.848. The first-order valence-electron chi connectivity index (χ1n) is 7.58. The van der Waals surface area contributed by atoms with E-state index in [2.05, 4.69) is 0 Å². The SMILES string of the molecule is COC(=O)c1c(C)cccc1CCOC1CCCC(O)C1. The van der Waals surface area contributed by atoms with Gasteiger partial charge in [-0.1, -0.05) is 18.2 Å². The van der Waals surface area contributed by atoms with Gasteiger partial charge in [-0.15, -0.1) is 0 Å². The van der Waals surface area contributed by atoms with Crippen molar-refractivity contribution in [3.05, 3.63) is 34.9 Å². The third-order valence-corrected chi connectivity index (χ3v) is 4.07. The van der Waals surface area contributed by atoms with E-state index in [1.165, 1.54) is 7.11 Å². The molecular weight excluding hydrogens is 268 g/mol. The third kappa shape index (κ3) is 4.29. The average Bonchev–Trinajstić information content (AvgIpc) is 2.47. The number of aliphatic hydroxyl groups is 1. The van der Waals surface area contributed by atoms with E-state index in [1.807, 2.05) is 25.1 Å². The highest BCUT2D eigenvalue weighted by molar-refractivity contribution is 5.92. The van der Waals surface area contributed by atoms with E-state index in [4.69, 9.17) is 9.47 Å². The number of rotatable bonds is 5. The Bertz CT molecular complexity index is 484. The van der Waals surface area contributed by atoms with Crippen molar-refractivity contribution < 1.29 is 19.4 Å². The minimum absolute atomic E-state index is 0.139. The van der Waals surface area contributed by atoms with Gasteiger partial charge < -0.3 is 14.6 Å². The predicted molar refractivity (Wildman–Crippen MR) is 80.4 cm³/mol. The summed E-state index contributed by atoms with van der Waals surface area (Å²) in [6, 6.07) is 5.80. The average molecular weight is 292 g/mol. The molecule has 0 aliphatic heterocycles. The van der Waals surface area contributed by atoms with E-state index in [-0.39, 0.29) is 18.2 Å². The highest BCUT2D eigenvalue weighted by atomic mass is 16.5. The Morgan fingerprint density at radius 1 is 1.38 bits per heavy atom. The Kier molecular flexibility index (Phi) is 5.76. The number of hydrogen-bond donors (Lipinski definition) is 1. The van der Waals surface area contributed by atoms with E-state index in [0.717, 1.165) is 36.8 Å². The molecule has 0 heterocycles. The lowest BCUT2D eigenvalue weighted by molar-refractivity contribution is -0.0132. The molecular formula is C17H24O4. The molecule has 0 radical (unpaired) electrons. The molecule has 1 N–H and O–H groups in total. The molecule has 1 aromatic rings. The van der Waals surface area contributed by atoms with Gasteiger partial charge in [-0.05, 0) is 50.2 Å². The Balaban J connectivity index is 1.94. The van der Waals surface area contributed by atoms with Crippen LogP contribution >= 0.6 is 0 Å². The number of aryl methyl sites for hydroxylation is 1. The summed E-state index contributed by atoms with van der Waals surface area (Å²) in [4.78, 5) is 11.9. The van der Waals surface area contributed by atoms with Gasteiger partial charge in [0.1, 0.15) is 0 Å². The lowest BCUT2D eigenvalue weighted by Crippen LogP contribution is -2.26. The molecule has 0 saturated heterocycles. The first-order valence-corrected chi connectivity index (χ1v) is 7.58. The van der Waals surface area contributed by atoms with E-state index in [0.29, 0.717) is 18.6 Å². The molecule has 4 heteroatoms. The largest absolute Gasteiger partial charge is 0.465 e. The van der Waals surface area contributed by atoms with E-state index < -0.39 is 0 Å². The molecule has 1 aliphatic rings. The number of ether oxygens (including phenoxy) is 2. The smallest absolute Gasteiger partial charge is 0.338 e. The van der Waals surface area contributed by atoms with Crippen LogP contribution < -0.4 is 0 Å². The van der Waals surface area contributed by atoms with Crippen LogP contribution in [0, 0.1) is 6.92 Å². The summed E-state index contributed by atoms with van der Waals surface area (Å²) < 4.78 is 10.7. The number of aliphatic hydroxyl groups excluding tert-OH is 1. The molecule has 0 amide bonds. The second-order valence-corrected chi connectivity index (χ2v) is 5.66. The van der Waals surface area contributed by atoms with Crippen LogP contribution in [0.1, 0.15) is 47.2 Å². The maximum absolute atomic E-state index is 11.9. The van der Waals surface area contributed by atoms with Crippen molar-refractivity contribution in [3.8, 4) is 0 Å². The summed E-state index contributed by atoms with van der Waals surface area (Å²) in [6.07, 6.45) is 4.22. The molecule has 2 rings (SSSR count). The van der Waals surface area contributed by atoms with Crippen LogP contribution in [0.15, 0.2) is 18.2 Å². The van der Waals surface area contributed by atoms with Gasteiger partial charge >= 0.3 is 5.97 Å². The molecule has 0 aromatic heterocycles. The van der Waals surface area contributed by atoms with Crippen LogP contribution in [-0.4, -0.2) is 37.0 Å². The zero-order valence-electron chi connectivity index (χ0n) is 12.8. The van der Waals surface area contributed by atoms with E-state index in [1.54, 1.807) is 0 Å². The van der Waals surface area contributed by atoms with Gasteiger partial charge in [-0.25, -0.2) is 4.79 Å². The molecule has 116 valence electrons. The van der Waals surface area contributed by atoms with Gasteiger partial charge in [0.25, 0.3) is 0 Å². The molecule has 0 bridgehead atoms. The summed E-state index contributed by atoms with van der Waals surface area (Å²) in [5, 5.41) is 9.64. The number of carbonyl (C=O) groups excluding carboxylic acids is 1. The lowest BCUT2D eigenvalue weighted by Gasteiger charge is -2.26. The number of carbonyl (C=O) groups is 1. The Hall–Kier alpha value is -1.39. The van der Waals surface area contributed by atoms with E-state index in [9.17, 15) is 9.90 Å². The molecule has 1 aliphatic carbocycles. The van der Waals surface area contributed by atoms with Crippen molar-refractivity contribution in [2.75, 3.05) is 13.7 Å². The summed E-state index contributed by atoms with van der Waals surface area (Å²) in [7, 11) is 1.40. The second-order valence-electron chi connectivity index (χ2n) is 5.66. The fraction of sp³-hybridized carbons (Fsp3) is 0.588. The van der Waals surface area contributed by atoms with Gasteiger partial charge in [-0.2, -0.15) is 0 Å². The van der Waals surface area contributed by atoms with Gasteiger partial charge in [-0.3, -0.25) is 0 Å². The molecule has 21 heavy (non-hydrogen) atoms. The number of esters is 1. The number of methoxy groups -OCH3 is 1. The Morgan fingerprint density at radius 2 is 2.19 bits per heavy atom. The molecule has 2 atom stereocenters. The molecule has 4 nitrogen and oxygen atoms in total. The highest BCUT2D eigenvalue weighted by Gasteiger charge is 2.21. The van der Waals surface area contributed by atoms with Crippen molar-refractivity contribution in [3.63, 3.8) is 0 Å². The number of hydrogen-bond acceptors (Lipinski definition) is 4. The fourth-order valence-corrected chi connectivity index (χ4v) is 2.94. The first-order chi connectivity index (χ1) is 10.1.